The van der Waals surface area contributed by atoms with E-state index in [0.29, 0.717) is 0 Å². The van der Waals surface area contributed by atoms with E-state index in [4.69, 9.17) is 0 Å². The number of allylic oxidation sites excluding steroid dienone is 2. The molecule has 0 spiro atoms. The molecule has 48 valence electrons. The third kappa shape index (κ3) is 46.2. The molecule has 0 aromatic carbocycles. The van der Waals surface area contributed by atoms with E-state index in [1.54, 1.807) is -0.332 Å². The first-order valence-corrected chi connectivity index (χ1v) is 4.08. The van der Waals surface area contributed by atoms with Gasteiger partial charge in [0.2, 0.25) is 0 Å². The predicted molar refractivity (Wildman–Crippen MR) is 34.3 cm³/mol. The summed E-state index contributed by atoms with van der Waals surface area (Å²) in [4.78, 5) is 0. The van der Waals surface area contributed by atoms with E-state index in [0.717, 1.165) is 49.0 Å². The van der Waals surface area contributed by atoms with Gasteiger partial charge in [-0.15, -0.1) is 0 Å². The molecular weight excluding hydrogens is 155 g/mol. The van der Waals surface area contributed by atoms with E-state index in [2.05, 4.69) is 19.9 Å². The summed E-state index contributed by atoms with van der Waals surface area (Å²) in [6.45, 7) is 4.25. The fourth-order valence-electron chi connectivity index (χ4n) is 0. The molecule has 0 amide bonds. The topological polar surface area (TPSA) is 0 Å². The van der Waals surface area contributed by atoms with Crippen molar-refractivity contribution in [1.29, 1.82) is 0 Å². The van der Waals surface area contributed by atoms with Crippen LogP contribution in [0.25, 0.3) is 0 Å². The van der Waals surface area contributed by atoms with Crippen LogP contribution in [0.1, 0.15) is 13.8 Å². The number of rotatable bonds is 0. The minimum absolute atomic E-state index is 0.932. The molecule has 0 heterocycles. The molecule has 0 fully saturated rings. The maximum atomic E-state index is 9.67. The van der Waals surface area contributed by atoms with Crippen LogP contribution in [0.2, 0.25) is 0 Å². The Bertz CT molecular complexity index is 77.1. The van der Waals surface area contributed by atoms with Crippen LogP contribution in [0.4, 0.5) is 12.9 Å². The van der Waals surface area contributed by atoms with Gasteiger partial charge in [-0.3, -0.25) is 12.9 Å². The standard InChI is InChI=1S/C4H7.BF3.K/c1-3-4-2;2-1(3)4;/h3H,1-2H3;;. The maximum absolute atomic E-state index is 9.67. The van der Waals surface area contributed by atoms with Crippen LogP contribution < -0.4 is 0 Å². The van der Waals surface area contributed by atoms with Gasteiger partial charge in [0.05, 0.1) is 0 Å². The van der Waals surface area contributed by atoms with Gasteiger partial charge in [0.25, 0.3) is 0 Å². The summed E-state index contributed by atoms with van der Waals surface area (Å²) in [6.07, 6.45) is 2.17. The van der Waals surface area contributed by atoms with Crippen LogP contribution in [-0.2, 0) is 0 Å². The van der Waals surface area contributed by atoms with Crippen molar-refractivity contribution in [2.24, 2.45) is 0 Å². The van der Waals surface area contributed by atoms with E-state index in [9.17, 15) is 12.9 Å². The average molecular weight is 162 g/mol. The van der Waals surface area contributed by atoms with Crippen LogP contribution in [0.15, 0.2) is 5.74 Å². The minimum atomic E-state index is -3.67. The average Bonchev–Trinajstić information content (AvgIpc) is 1.65. The molecular formula is C4H7BF3K. The Kier molecular flexibility index (Phi) is 13.2. The summed E-state index contributed by atoms with van der Waals surface area (Å²) in [5, 5.41) is 0. The monoisotopic (exact) mass is 162 g/mol. The van der Waals surface area contributed by atoms with Crippen LogP contribution >= 0.6 is 0 Å². The maximum Gasteiger partial charge on any atom is 0.762 e. The van der Waals surface area contributed by atoms with Gasteiger partial charge < -0.3 is 0 Å². The van der Waals surface area contributed by atoms with Gasteiger partial charge in [0.1, 0.15) is 0 Å². The molecule has 5 heteroatoms. The van der Waals surface area contributed by atoms with E-state index in [1.807, 2.05) is 0 Å². The van der Waals surface area contributed by atoms with E-state index >= 15 is 0 Å². The summed E-state index contributed by atoms with van der Waals surface area (Å²) < 4.78 is 30.6. The van der Waals surface area contributed by atoms with Gasteiger partial charge in [0.15, 0.2) is 0 Å². The third-order valence-electron chi connectivity index (χ3n) is 0.577. The number of hydrogen-bond donors (Lipinski definition) is 0. The van der Waals surface area contributed by atoms with Crippen LogP contribution in [0.3, 0.4) is 0 Å². The van der Waals surface area contributed by atoms with Gasteiger partial charge in [-0.05, 0) is 0 Å². The quantitative estimate of drug-likeness (QED) is 0.477. The molecule has 0 unspecified atom stereocenters. The first kappa shape index (κ1) is 12.9. The van der Waals surface area contributed by atoms with Crippen LogP contribution in [0, 0.1) is 0 Å². The SMILES string of the molecule is C/C=[C](/C)[K].FB(F)F. The van der Waals surface area contributed by atoms with Crippen molar-refractivity contribution in [1.82, 2.24) is 0 Å². The molecule has 0 bridgehead atoms. The summed E-state index contributed by atoms with van der Waals surface area (Å²) >= 11 is 0.932. The van der Waals surface area contributed by atoms with Crippen molar-refractivity contribution in [3.8, 4) is 0 Å². The smallest absolute Gasteiger partial charge is 0.254 e. The normalized spacial score (nSPS) is 9.89. The fraction of sp³-hybridized carbons (Fsp3) is 0.500. The van der Waals surface area contributed by atoms with Gasteiger partial charge in [-0.1, -0.05) is 0 Å². The zero-order valence-corrected chi connectivity index (χ0v) is 8.91. The molecule has 0 atom stereocenters. The molecule has 0 rings (SSSR count). The van der Waals surface area contributed by atoms with Crippen molar-refractivity contribution in [2.75, 3.05) is 0 Å². The zero-order chi connectivity index (χ0) is 7.86. The molecule has 0 saturated carbocycles. The molecule has 0 aliphatic rings. The molecule has 0 aromatic rings. The Labute approximate surface area is 87.7 Å². The van der Waals surface area contributed by atoms with Crippen molar-refractivity contribution in [2.45, 2.75) is 13.8 Å². The van der Waals surface area contributed by atoms with Crippen LogP contribution in [-0.4, -0.2) is 56.5 Å². The van der Waals surface area contributed by atoms with Gasteiger partial charge in [0, 0.05) is 0 Å². The van der Waals surface area contributed by atoms with Gasteiger partial charge in [-0.2, -0.15) is 0 Å². The molecule has 0 nitrogen and oxygen atoms in total. The summed E-state index contributed by atoms with van der Waals surface area (Å²) in [5.74, 6) is 0. The third-order valence-corrected chi connectivity index (χ3v) is 1.48. The molecule has 0 saturated heterocycles. The molecule has 0 aliphatic heterocycles. The second kappa shape index (κ2) is 9.23. The second-order valence-corrected chi connectivity index (χ2v) is 4.08. The summed E-state index contributed by atoms with van der Waals surface area (Å²) in [6, 6.07) is 0. The fourth-order valence-corrected chi connectivity index (χ4v) is 0. The molecule has 0 N–H and O–H groups in total. The minimum Gasteiger partial charge on any atom is -0.254 e. The van der Waals surface area contributed by atoms with Crippen molar-refractivity contribution < 1.29 is 12.9 Å². The molecule has 0 aliphatic carbocycles. The van der Waals surface area contributed by atoms with E-state index < -0.39 is 7.54 Å². The van der Waals surface area contributed by atoms with Gasteiger partial charge >= 0.3 is 76.1 Å². The Balaban J connectivity index is 0. The van der Waals surface area contributed by atoms with Crippen LogP contribution in [0.5, 0.6) is 0 Å². The first-order valence-electron chi connectivity index (χ1n) is 2.52. The Morgan fingerprint density at radius 1 is 1.44 bits per heavy atom. The van der Waals surface area contributed by atoms with Gasteiger partial charge in [-0.25, -0.2) is 0 Å². The number of hydrogen-bond acceptors (Lipinski definition) is 0. The largest absolute Gasteiger partial charge is 0.762 e. The zero-order valence-electron chi connectivity index (χ0n) is 5.79. The first-order chi connectivity index (χ1) is 4.00. The van der Waals surface area contributed by atoms with E-state index in [-0.39, 0.29) is 0 Å². The van der Waals surface area contributed by atoms with Crippen molar-refractivity contribution >= 4 is 56.5 Å². The number of halogens is 3. The molecule has 9 heavy (non-hydrogen) atoms. The van der Waals surface area contributed by atoms with Crippen molar-refractivity contribution in [3.63, 3.8) is 0 Å². The van der Waals surface area contributed by atoms with E-state index in [1.165, 1.54) is 0 Å². The Hall–Kier alpha value is 1.23. The Morgan fingerprint density at radius 3 is 1.56 bits per heavy atom. The summed E-state index contributed by atoms with van der Waals surface area (Å²) in [5.41, 5.74) is 0. The Morgan fingerprint density at radius 2 is 1.56 bits per heavy atom. The molecule has 0 aromatic heterocycles. The summed E-state index contributed by atoms with van der Waals surface area (Å²) in [7, 11) is -3.67. The van der Waals surface area contributed by atoms with Crippen molar-refractivity contribution in [3.05, 3.63) is 5.74 Å². The predicted octanol–water partition coefficient (Wildman–Crippen LogP) is 1.96. The second-order valence-electron chi connectivity index (χ2n) is 1.61. The molecule has 0 radical (unpaired) electrons.